The van der Waals surface area contributed by atoms with Crippen LogP contribution in [0.2, 0.25) is 5.02 Å². The van der Waals surface area contributed by atoms with Crippen molar-refractivity contribution in [3.63, 3.8) is 0 Å². The summed E-state index contributed by atoms with van der Waals surface area (Å²) < 4.78 is 0. The molecule has 0 aliphatic rings. The van der Waals surface area contributed by atoms with E-state index in [1.807, 2.05) is 19.1 Å². The Bertz CT molecular complexity index is 586. The summed E-state index contributed by atoms with van der Waals surface area (Å²) in [5, 5.41) is 2.30. The first-order valence-electron chi connectivity index (χ1n) is 5.50. The molecule has 2 rings (SSSR count). The van der Waals surface area contributed by atoms with Crippen LogP contribution in [-0.4, -0.2) is 4.98 Å². The van der Waals surface area contributed by atoms with Gasteiger partial charge in [-0.3, -0.25) is 4.79 Å². The zero-order chi connectivity index (χ0) is 11.7. The first kappa shape index (κ1) is 11.2. The van der Waals surface area contributed by atoms with Crippen LogP contribution in [0.15, 0.2) is 23.0 Å². The fourth-order valence-electron chi connectivity index (χ4n) is 2.12. The number of aromatic nitrogens is 1. The van der Waals surface area contributed by atoms with Gasteiger partial charge in [-0.1, -0.05) is 31.5 Å². The lowest BCUT2D eigenvalue weighted by Gasteiger charge is -2.09. The molecule has 0 aliphatic heterocycles. The van der Waals surface area contributed by atoms with Crippen molar-refractivity contribution in [3.05, 3.63) is 44.8 Å². The van der Waals surface area contributed by atoms with E-state index in [9.17, 15) is 4.79 Å². The summed E-state index contributed by atoms with van der Waals surface area (Å²) in [5.74, 6) is 0. The average Bonchev–Trinajstić information content (AvgIpc) is 2.29. The average molecular weight is 236 g/mol. The Morgan fingerprint density at radius 3 is 2.56 bits per heavy atom. The van der Waals surface area contributed by atoms with Gasteiger partial charge in [-0.15, -0.1) is 0 Å². The molecule has 0 saturated carbocycles. The summed E-state index contributed by atoms with van der Waals surface area (Å²) in [6, 6.07) is 5.50. The quantitative estimate of drug-likeness (QED) is 0.851. The molecule has 84 valence electrons. The molecule has 2 aromatic rings. The maximum atomic E-state index is 11.9. The smallest absolute Gasteiger partial charge is 0.256 e. The molecule has 1 heterocycles. The standard InChI is InChI=1S/C13H14ClNO/c1-3-9-10-6-5-8(14)7-11(10)13(16)15-12(9)4-2/h5-7H,3-4H2,1-2H3,(H,15,16). The molecule has 0 unspecified atom stereocenters. The van der Waals surface area contributed by atoms with E-state index in [2.05, 4.69) is 11.9 Å². The highest BCUT2D eigenvalue weighted by atomic mass is 35.5. The number of nitrogens with one attached hydrogen (secondary N) is 1. The van der Waals surface area contributed by atoms with Crippen molar-refractivity contribution in [2.45, 2.75) is 26.7 Å². The maximum Gasteiger partial charge on any atom is 0.256 e. The third-order valence-electron chi connectivity index (χ3n) is 2.89. The van der Waals surface area contributed by atoms with Gasteiger partial charge in [0.15, 0.2) is 0 Å². The number of pyridine rings is 1. The van der Waals surface area contributed by atoms with E-state index >= 15 is 0 Å². The number of aryl methyl sites for hydroxylation is 2. The van der Waals surface area contributed by atoms with E-state index in [0.717, 1.165) is 23.9 Å². The van der Waals surface area contributed by atoms with E-state index < -0.39 is 0 Å². The predicted octanol–water partition coefficient (Wildman–Crippen LogP) is 3.31. The molecule has 1 aromatic carbocycles. The van der Waals surface area contributed by atoms with E-state index in [1.165, 1.54) is 5.56 Å². The zero-order valence-electron chi connectivity index (χ0n) is 9.43. The van der Waals surface area contributed by atoms with Crippen LogP contribution < -0.4 is 5.56 Å². The fourth-order valence-corrected chi connectivity index (χ4v) is 2.29. The highest BCUT2D eigenvalue weighted by Crippen LogP contribution is 2.22. The molecule has 0 fully saturated rings. The van der Waals surface area contributed by atoms with Gasteiger partial charge in [0, 0.05) is 16.1 Å². The highest BCUT2D eigenvalue weighted by molar-refractivity contribution is 6.31. The van der Waals surface area contributed by atoms with Crippen molar-refractivity contribution >= 4 is 22.4 Å². The van der Waals surface area contributed by atoms with Gasteiger partial charge in [-0.25, -0.2) is 0 Å². The molecule has 0 bridgehead atoms. The van der Waals surface area contributed by atoms with E-state index in [1.54, 1.807) is 6.07 Å². The lowest BCUT2D eigenvalue weighted by molar-refractivity contribution is 0.965. The summed E-state index contributed by atoms with van der Waals surface area (Å²) in [7, 11) is 0. The van der Waals surface area contributed by atoms with Crippen LogP contribution >= 0.6 is 11.6 Å². The Morgan fingerprint density at radius 2 is 1.94 bits per heavy atom. The normalized spacial score (nSPS) is 10.9. The second-order valence-electron chi connectivity index (χ2n) is 3.81. The van der Waals surface area contributed by atoms with Gasteiger partial charge < -0.3 is 4.98 Å². The molecule has 1 N–H and O–H groups in total. The number of halogens is 1. The van der Waals surface area contributed by atoms with Crippen molar-refractivity contribution in [1.82, 2.24) is 4.98 Å². The zero-order valence-corrected chi connectivity index (χ0v) is 10.2. The SMILES string of the molecule is CCc1[nH]c(=O)c2cc(Cl)ccc2c1CC. The number of benzene rings is 1. The summed E-state index contributed by atoms with van der Waals surface area (Å²) >= 11 is 5.91. The van der Waals surface area contributed by atoms with Gasteiger partial charge in [0.25, 0.3) is 5.56 Å². The second-order valence-corrected chi connectivity index (χ2v) is 4.24. The minimum absolute atomic E-state index is 0.0495. The first-order valence-corrected chi connectivity index (χ1v) is 5.88. The van der Waals surface area contributed by atoms with Gasteiger partial charge in [-0.05, 0) is 35.9 Å². The highest BCUT2D eigenvalue weighted by Gasteiger charge is 2.08. The Kier molecular flexibility index (Phi) is 3.01. The molecular weight excluding hydrogens is 222 g/mol. The lowest BCUT2D eigenvalue weighted by Crippen LogP contribution is -2.12. The molecule has 1 aromatic heterocycles. The third kappa shape index (κ3) is 1.74. The summed E-state index contributed by atoms with van der Waals surface area (Å²) in [6.45, 7) is 4.15. The van der Waals surface area contributed by atoms with E-state index in [-0.39, 0.29) is 5.56 Å². The van der Waals surface area contributed by atoms with Gasteiger partial charge in [-0.2, -0.15) is 0 Å². The summed E-state index contributed by atoms with van der Waals surface area (Å²) in [6.07, 6.45) is 1.76. The number of rotatable bonds is 2. The predicted molar refractivity (Wildman–Crippen MR) is 68.3 cm³/mol. The second kappa shape index (κ2) is 4.30. The van der Waals surface area contributed by atoms with Gasteiger partial charge in [0.1, 0.15) is 0 Å². The monoisotopic (exact) mass is 235 g/mol. The molecule has 2 nitrogen and oxygen atoms in total. The van der Waals surface area contributed by atoms with Crippen molar-refractivity contribution in [3.8, 4) is 0 Å². The maximum absolute atomic E-state index is 11.9. The van der Waals surface area contributed by atoms with Crippen LogP contribution in [0.25, 0.3) is 10.8 Å². The van der Waals surface area contributed by atoms with Crippen LogP contribution in [0.3, 0.4) is 0 Å². The first-order chi connectivity index (χ1) is 7.67. The Morgan fingerprint density at radius 1 is 1.19 bits per heavy atom. The van der Waals surface area contributed by atoms with Gasteiger partial charge >= 0.3 is 0 Å². The number of hydrogen-bond donors (Lipinski definition) is 1. The Labute approximate surface area is 99.3 Å². The number of hydrogen-bond acceptors (Lipinski definition) is 1. The fraction of sp³-hybridized carbons (Fsp3) is 0.308. The van der Waals surface area contributed by atoms with Crippen molar-refractivity contribution in [2.75, 3.05) is 0 Å². The molecule has 0 radical (unpaired) electrons. The van der Waals surface area contributed by atoms with Crippen molar-refractivity contribution < 1.29 is 0 Å². The molecule has 0 atom stereocenters. The minimum Gasteiger partial charge on any atom is -0.325 e. The van der Waals surface area contributed by atoms with Crippen LogP contribution in [0.1, 0.15) is 25.1 Å². The topological polar surface area (TPSA) is 32.9 Å². The third-order valence-corrected chi connectivity index (χ3v) is 3.12. The largest absolute Gasteiger partial charge is 0.325 e. The molecule has 3 heteroatoms. The number of fused-ring (bicyclic) bond motifs is 1. The van der Waals surface area contributed by atoms with Crippen molar-refractivity contribution in [2.24, 2.45) is 0 Å². The van der Waals surface area contributed by atoms with Crippen LogP contribution in [-0.2, 0) is 12.8 Å². The van der Waals surface area contributed by atoms with Gasteiger partial charge in [0.2, 0.25) is 0 Å². The van der Waals surface area contributed by atoms with Crippen LogP contribution in [0, 0.1) is 0 Å². The Hall–Kier alpha value is -1.28. The molecular formula is C13H14ClNO. The summed E-state index contributed by atoms with van der Waals surface area (Å²) in [4.78, 5) is 14.8. The van der Waals surface area contributed by atoms with E-state index in [4.69, 9.17) is 11.6 Å². The Balaban J connectivity index is 2.91. The van der Waals surface area contributed by atoms with E-state index in [0.29, 0.717) is 10.4 Å². The molecule has 0 saturated heterocycles. The number of H-pyrrole nitrogens is 1. The molecule has 0 spiro atoms. The molecule has 16 heavy (non-hydrogen) atoms. The van der Waals surface area contributed by atoms with Crippen LogP contribution in [0.4, 0.5) is 0 Å². The van der Waals surface area contributed by atoms with Crippen LogP contribution in [0.5, 0.6) is 0 Å². The number of aromatic amines is 1. The molecule has 0 aliphatic carbocycles. The minimum atomic E-state index is -0.0495. The molecule has 0 amide bonds. The van der Waals surface area contributed by atoms with Crippen molar-refractivity contribution in [1.29, 1.82) is 0 Å². The van der Waals surface area contributed by atoms with Gasteiger partial charge in [0.05, 0.1) is 0 Å². The summed E-state index contributed by atoms with van der Waals surface area (Å²) in [5.41, 5.74) is 2.20. The lowest BCUT2D eigenvalue weighted by atomic mass is 10.0.